The van der Waals surface area contributed by atoms with Gasteiger partial charge in [0.15, 0.2) is 0 Å². The molecule has 1 saturated heterocycles. The SMILES string of the molecule is CNCCCCC(NC(=O)C(NC(=O)C1CCCNC1)C(C)c1c[nH]c2ccccc12)C(=O)OC(C)(C)C. The van der Waals surface area contributed by atoms with Gasteiger partial charge in [-0.25, -0.2) is 4.79 Å². The topological polar surface area (TPSA) is 124 Å². The molecule has 0 bridgehead atoms. The summed E-state index contributed by atoms with van der Waals surface area (Å²) in [5.74, 6) is -1.53. The maximum Gasteiger partial charge on any atom is 0.329 e. The van der Waals surface area contributed by atoms with Gasteiger partial charge >= 0.3 is 5.97 Å². The first-order valence-corrected chi connectivity index (χ1v) is 13.9. The van der Waals surface area contributed by atoms with Crippen molar-refractivity contribution in [3.05, 3.63) is 36.0 Å². The number of para-hydroxylation sites is 1. The number of esters is 1. The molecule has 4 unspecified atom stereocenters. The highest BCUT2D eigenvalue weighted by atomic mass is 16.6. The summed E-state index contributed by atoms with van der Waals surface area (Å²) < 4.78 is 5.63. The number of hydrogen-bond donors (Lipinski definition) is 5. The largest absolute Gasteiger partial charge is 0.458 e. The Hall–Kier alpha value is -2.91. The van der Waals surface area contributed by atoms with E-state index in [1.54, 1.807) is 0 Å². The van der Waals surface area contributed by atoms with E-state index in [0.29, 0.717) is 13.0 Å². The molecule has 38 heavy (non-hydrogen) atoms. The smallest absolute Gasteiger partial charge is 0.329 e. The molecule has 4 atom stereocenters. The van der Waals surface area contributed by atoms with Gasteiger partial charge in [0.05, 0.1) is 5.92 Å². The van der Waals surface area contributed by atoms with Crippen molar-refractivity contribution in [1.82, 2.24) is 26.3 Å². The third kappa shape index (κ3) is 8.30. The second-order valence-electron chi connectivity index (χ2n) is 11.3. The molecule has 1 aliphatic rings. The third-order valence-electron chi connectivity index (χ3n) is 7.04. The Kier molecular flexibility index (Phi) is 10.7. The minimum Gasteiger partial charge on any atom is -0.458 e. The Labute approximate surface area is 226 Å². The molecule has 2 aromatic rings. The minimum atomic E-state index is -0.856. The zero-order chi connectivity index (χ0) is 27.7. The Balaban J connectivity index is 1.85. The third-order valence-corrected chi connectivity index (χ3v) is 7.04. The lowest BCUT2D eigenvalue weighted by Crippen LogP contribution is -2.56. The van der Waals surface area contributed by atoms with Crippen LogP contribution >= 0.6 is 0 Å². The molecular formula is C29H45N5O4. The number of hydrogen-bond acceptors (Lipinski definition) is 6. The first-order valence-electron chi connectivity index (χ1n) is 13.9. The number of nitrogens with one attached hydrogen (secondary N) is 5. The van der Waals surface area contributed by atoms with E-state index in [1.165, 1.54) is 0 Å². The van der Waals surface area contributed by atoms with Crippen molar-refractivity contribution in [2.75, 3.05) is 26.7 Å². The monoisotopic (exact) mass is 527 g/mol. The number of fused-ring (bicyclic) bond motifs is 1. The highest BCUT2D eigenvalue weighted by molar-refractivity contribution is 5.93. The van der Waals surface area contributed by atoms with Gasteiger partial charge in [-0.1, -0.05) is 25.1 Å². The molecule has 0 aliphatic carbocycles. The first kappa shape index (κ1) is 29.6. The van der Waals surface area contributed by atoms with E-state index >= 15 is 0 Å². The predicted molar refractivity (Wildman–Crippen MR) is 150 cm³/mol. The fourth-order valence-corrected chi connectivity index (χ4v) is 4.95. The molecule has 210 valence electrons. The number of amides is 2. The maximum absolute atomic E-state index is 13.8. The zero-order valence-electron chi connectivity index (χ0n) is 23.5. The Morgan fingerprint density at radius 3 is 2.58 bits per heavy atom. The second-order valence-corrected chi connectivity index (χ2v) is 11.3. The molecule has 9 nitrogen and oxygen atoms in total. The molecule has 5 N–H and O–H groups in total. The summed E-state index contributed by atoms with van der Waals surface area (Å²) in [6.45, 7) is 9.68. The molecular weight excluding hydrogens is 482 g/mol. The van der Waals surface area contributed by atoms with Gasteiger partial charge < -0.3 is 31.0 Å². The first-order chi connectivity index (χ1) is 18.1. The zero-order valence-corrected chi connectivity index (χ0v) is 23.5. The number of rotatable bonds is 12. The van der Waals surface area contributed by atoms with E-state index in [1.807, 2.05) is 65.2 Å². The molecule has 0 spiro atoms. The Bertz CT molecular complexity index is 1070. The van der Waals surface area contributed by atoms with Crippen molar-refractivity contribution in [3.63, 3.8) is 0 Å². The fraction of sp³-hybridized carbons (Fsp3) is 0.621. The van der Waals surface area contributed by atoms with Crippen LogP contribution in [0, 0.1) is 5.92 Å². The van der Waals surface area contributed by atoms with E-state index < -0.39 is 23.7 Å². The van der Waals surface area contributed by atoms with E-state index in [4.69, 9.17) is 4.74 Å². The predicted octanol–water partition coefficient (Wildman–Crippen LogP) is 2.97. The van der Waals surface area contributed by atoms with Gasteiger partial charge in [0, 0.05) is 29.6 Å². The molecule has 0 radical (unpaired) electrons. The Morgan fingerprint density at radius 2 is 1.89 bits per heavy atom. The normalized spacial score (nSPS) is 18.4. The number of ether oxygens (including phenoxy) is 1. The molecule has 1 aromatic carbocycles. The number of benzene rings is 1. The summed E-state index contributed by atoms with van der Waals surface area (Å²) in [5, 5.41) is 13.4. The quantitative estimate of drug-likeness (QED) is 0.214. The molecule has 9 heteroatoms. The summed E-state index contributed by atoms with van der Waals surface area (Å²) in [6, 6.07) is 6.24. The van der Waals surface area contributed by atoms with Gasteiger partial charge in [0.25, 0.3) is 0 Å². The van der Waals surface area contributed by atoms with E-state index in [9.17, 15) is 14.4 Å². The van der Waals surface area contributed by atoms with Crippen molar-refractivity contribution >= 4 is 28.7 Å². The molecule has 0 saturated carbocycles. The number of aromatic nitrogens is 1. The van der Waals surface area contributed by atoms with E-state index in [-0.39, 0.29) is 23.7 Å². The van der Waals surface area contributed by atoms with Crippen LogP contribution in [0.5, 0.6) is 0 Å². The van der Waals surface area contributed by atoms with Crippen molar-refractivity contribution in [2.24, 2.45) is 5.92 Å². The molecule has 1 fully saturated rings. The van der Waals surface area contributed by atoms with Crippen LogP contribution in [0.2, 0.25) is 0 Å². The van der Waals surface area contributed by atoms with Gasteiger partial charge in [-0.05, 0) is 84.6 Å². The van der Waals surface area contributed by atoms with Gasteiger partial charge in [-0.3, -0.25) is 9.59 Å². The highest BCUT2D eigenvalue weighted by Gasteiger charge is 2.35. The molecule has 2 heterocycles. The van der Waals surface area contributed by atoms with Gasteiger partial charge in [0.2, 0.25) is 11.8 Å². The van der Waals surface area contributed by atoms with Crippen LogP contribution in [0.4, 0.5) is 0 Å². The maximum atomic E-state index is 13.8. The van der Waals surface area contributed by atoms with Crippen LogP contribution in [-0.2, 0) is 19.1 Å². The van der Waals surface area contributed by atoms with Crippen LogP contribution in [0.25, 0.3) is 10.9 Å². The summed E-state index contributed by atoms with van der Waals surface area (Å²) in [4.78, 5) is 43.4. The summed E-state index contributed by atoms with van der Waals surface area (Å²) in [7, 11) is 1.88. The van der Waals surface area contributed by atoms with Gasteiger partial charge in [-0.2, -0.15) is 0 Å². The van der Waals surface area contributed by atoms with Crippen molar-refractivity contribution in [2.45, 2.75) is 83.4 Å². The fourth-order valence-electron chi connectivity index (χ4n) is 4.95. The van der Waals surface area contributed by atoms with Crippen LogP contribution in [-0.4, -0.2) is 67.1 Å². The second kappa shape index (κ2) is 13.8. The number of carbonyl (C=O) groups excluding carboxylic acids is 3. The lowest BCUT2D eigenvalue weighted by Gasteiger charge is -2.30. The number of unbranched alkanes of at least 4 members (excludes halogenated alkanes) is 1. The molecule has 1 aromatic heterocycles. The van der Waals surface area contributed by atoms with Crippen molar-refractivity contribution < 1.29 is 19.1 Å². The average Bonchev–Trinajstić information content (AvgIpc) is 3.32. The van der Waals surface area contributed by atoms with E-state index in [2.05, 4.69) is 26.3 Å². The molecule has 2 amide bonds. The number of aromatic amines is 1. The average molecular weight is 528 g/mol. The van der Waals surface area contributed by atoms with Crippen LogP contribution < -0.4 is 21.3 Å². The number of piperidine rings is 1. The highest BCUT2D eigenvalue weighted by Crippen LogP contribution is 2.28. The van der Waals surface area contributed by atoms with Crippen LogP contribution in [0.1, 0.15) is 71.3 Å². The van der Waals surface area contributed by atoms with Gasteiger partial charge in [-0.15, -0.1) is 0 Å². The molecule has 1 aliphatic heterocycles. The lowest BCUT2D eigenvalue weighted by molar-refractivity contribution is -0.159. The lowest BCUT2D eigenvalue weighted by atomic mass is 9.90. The van der Waals surface area contributed by atoms with E-state index in [0.717, 1.165) is 55.2 Å². The van der Waals surface area contributed by atoms with Crippen LogP contribution in [0.15, 0.2) is 30.5 Å². The summed E-state index contributed by atoms with van der Waals surface area (Å²) in [5.41, 5.74) is 1.22. The number of H-pyrrole nitrogens is 1. The summed E-state index contributed by atoms with van der Waals surface area (Å²) in [6.07, 6.45) is 5.66. The summed E-state index contributed by atoms with van der Waals surface area (Å²) >= 11 is 0. The molecule has 3 rings (SSSR count). The Morgan fingerprint density at radius 1 is 1.13 bits per heavy atom. The number of carbonyl (C=O) groups is 3. The minimum absolute atomic E-state index is 0.146. The van der Waals surface area contributed by atoms with Gasteiger partial charge in [0.1, 0.15) is 17.7 Å². The standard InChI is InChI=1S/C29H45N5O4/c1-19(22-18-32-23-13-7-6-12-21(22)23)25(34-26(35)20-11-10-16-31-17-20)27(36)33-24(14-8-9-15-30-5)28(37)38-29(2,3)4/h6-7,12-13,18-20,24-25,30-32H,8-11,14-17H2,1-5H3,(H,33,36)(H,34,35). The van der Waals surface area contributed by atoms with Crippen LogP contribution in [0.3, 0.4) is 0 Å². The van der Waals surface area contributed by atoms with Crippen molar-refractivity contribution in [1.29, 1.82) is 0 Å². The van der Waals surface area contributed by atoms with Crippen molar-refractivity contribution in [3.8, 4) is 0 Å².